The number of nitrogens with zero attached hydrogens (tertiary/aromatic N) is 3. The van der Waals surface area contributed by atoms with Gasteiger partial charge in [-0.2, -0.15) is 4.98 Å². The lowest BCUT2D eigenvalue weighted by molar-refractivity contribution is 0.174. The highest BCUT2D eigenvalue weighted by atomic mass is 79.9. The fraction of sp³-hybridized carbons (Fsp3) is 0.150. The summed E-state index contributed by atoms with van der Waals surface area (Å²) >= 11 is 3.38. The third kappa shape index (κ3) is 3.70. The van der Waals surface area contributed by atoms with Gasteiger partial charge in [0.05, 0.1) is 13.2 Å². The van der Waals surface area contributed by atoms with Gasteiger partial charge in [-0.05, 0) is 29.8 Å². The topological polar surface area (TPSA) is 81.3 Å². The van der Waals surface area contributed by atoms with Crippen LogP contribution in [0.15, 0.2) is 63.6 Å². The zero-order valence-electron chi connectivity index (χ0n) is 14.5. The normalized spacial score (nSPS) is 12.3. The van der Waals surface area contributed by atoms with E-state index in [0.29, 0.717) is 23.2 Å². The Morgan fingerprint density at radius 1 is 1.07 bits per heavy atom. The highest BCUT2D eigenvalue weighted by Gasteiger charge is 2.16. The van der Waals surface area contributed by atoms with Crippen molar-refractivity contribution in [1.82, 2.24) is 15.1 Å². The average Bonchev–Trinajstić information content (AvgIpc) is 3.16. The molecule has 0 aliphatic rings. The average molecular weight is 426 g/mol. The van der Waals surface area contributed by atoms with E-state index in [9.17, 15) is 5.11 Å². The number of ether oxygens (including phenoxy) is 1. The van der Waals surface area contributed by atoms with Crippen LogP contribution in [0.2, 0.25) is 0 Å². The number of aliphatic hydroxyl groups excluding tert-OH is 1. The van der Waals surface area contributed by atoms with Crippen molar-refractivity contribution in [3.8, 4) is 17.3 Å². The summed E-state index contributed by atoms with van der Waals surface area (Å²) < 4.78 is 11.7. The summed E-state index contributed by atoms with van der Waals surface area (Å²) in [4.78, 5) is 8.96. The molecule has 2 heterocycles. The lowest BCUT2D eigenvalue weighted by atomic mass is 10.1. The lowest BCUT2D eigenvalue weighted by Gasteiger charge is -2.08. The fourth-order valence-corrected chi connectivity index (χ4v) is 3.08. The standard InChI is InChI=1S/C20H16BrN3O3/c1-26-17-4-2-3-13-7-10-15(22-19(13)17)20-23-18(24-27-20)11-16(25)12-5-8-14(21)9-6-12/h2-10,16,25H,11H2,1H3. The van der Waals surface area contributed by atoms with Gasteiger partial charge in [-0.3, -0.25) is 0 Å². The molecule has 0 aliphatic heterocycles. The summed E-state index contributed by atoms with van der Waals surface area (Å²) in [6, 6.07) is 17.0. The number of halogens is 1. The summed E-state index contributed by atoms with van der Waals surface area (Å²) in [5, 5.41) is 15.3. The van der Waals surface area contributed by atoms with E-state index in [1.165, 1.54) is 0 Å². The number of hydrogen-bond acceptors (Lipinski definition) is 6. The minimum Gasteiger partial charge on any atom is -0.494 e. The summed E-state index contributed by atoms with van der Waals surface area (Å²) in [5.41, 5.74) is 2.08. The number of para-hydroxylation sites is 1. The van der Waals surface area contributed by atoms with Crippen molar-refractivity contribution in [2.75, 3.05) is 7.11 Å². The Morgan fingerprint density at radius 2 is 1.89 bits per heavy atom. The van der Waals surface area contributed by atoms with Crippen LogP contribution in [0.3, 0.4) is 0 Å². The Labute approximate surface area is 164 Å². The first-order valence-corrected chi connectivity index (χ1v) is 9.13. The zero-order valence-corrected chi connectivity index (χ0v) is 16.0. The first-order valence-electron chi connectivity index (χ1n) is 8.34. The van der Waals surface area contributed by atoms with E-state index in [4.69, 9.17) is 9.26 Å². The molecule has 1 N–H and O–H groups in total. The number of methoxy groups -OCH3 is 1. The van der Waals surface area contributed by atoms with Crippen LogP contribution < -0.4 is 4.74 Å². The van der Waals surface area contributed by atoms with Crippen LogP contribution in [0.25, 0.3) is 22.5 Å². The van der Waals surface area contributed by atoms with Crippen LogP contribution in [0, 0.1) is 0 Å². The van der Waals surface area contributed by atoms with Crippen molar-refractivity contribution in [3.63, 3.8) is 0 Å². The molecule has 136 valence electrons. The molecule has 0 bridgehead atoms. The van der Waals surface area contributed by atoms with E-state index in [0.717, 1.165) is 20.9 Å². The van der Waals surface area contributed by atoms with E-state index in [1.54, 1.807) is 7.11 Å². The lowest BCUT2D eigenvalue weighted by Crippen LogP contribution is -2.03. The fourth-order valence-electron chi connectivity index (χ4n) is 2.82. The first-order chi connectivity index (χ1) is 13.1. The molecule has 0 radical (unpaired) electrons. The van der Waals surface area contributed by atoms with Crippen LogP contribution >= 0.6 is 15.9 Å². The minimum atomic E-state index is -0.715. The van der Waals surface area contributed by atoms with Crippen molar-refractivity contribution < 1.29 is 14.4 Å². The second kappa shape index (κ2) is 7.46. The van der Waals surface area contributed by atoms with Gasteiger partial charge in [0.25, 0.3) is 5.89 Å². The largest absolute Gasteiger partial charge is 0.494 e. The predicted octanol–water partition coefficient (Wildman–Crippen LogP) is 4.33. The molecule has 0 aliphatic carbocycles. The maximum Gasteiger partial charge on any atom is 0.276 e. The monoisotopic (exact) mass is 425 g/mol. The van der Waals surface area contributed by atoms with Crippen LogP contribution in [0.4, 0.5) is 0 Å². The molecule has 6 nitrogen and oxygen atoms in total. The van der Waals surface area contributed by atoms with Gasteiger partial charge in [0, 0.05) is 16.3 Å². The molecule has 1 atom stereocenters. The van der Waals surface area contributed by atoms with Gasteiger partial charge < -0.3 is 14.4 Å². The van der Waals surface area contributed by atoms with Gasteiger partial charge in [0.15, 0.2) is 5.82 Å². The van der Waals surface area contributed by atoms with E-state index in [-0.39, 0.29) is 6.42 Å². The molecule has 0 fully saturated rings. The number of benzene rings is 2. The maximum atomic E-state index is 10.4. The van der Waals surface area contributed by atoms with E-state index in [2.05, 4.69) is 31.1 Å². The van der Waals surface area contributed by atoms with Crippen molar-refractivity contribution in [3.05, 3.63) is 70.5 Å². The summed E-state index contributed by atoms with van der Waals surface area (Å²) in [5.74, 6) is 1.41. The van der Waals surface area contributed by atoms with E-state index >= 15 is 0 Å². The Kier molecular flexibility index (Phi) is 4.87. The van der Waals surface area contributed by atoms with Crippen molar-refractivity contribution in [2.24, 2.45) is 0 Å². The molecule has 0 saturated heterocycles. The second-order valence-electron chi connectivity index (χ2n) is 6.02. The summed E-state index contributed by atoms with van der Waals surface area (Å²) in [6.45, 7) is 0. The van der Waals surface area contributed by atoms with Gasteiger partial charge in [-0.15, -0.1) is 0 Å². The number of aliphatic hydroxyl groups is 1. The maximum absolute atomic E-state index is 10.4. The molecule has 7 heteroatoms. The van der Waals surface area contributed by atoms with Crippen LogP contribution in [0.5, 0.6) is 5.75 Å². The molecule has 1 unspecified atom stereocenters. The van der Waals surface area contributed by atoms with Crippen LogP contribution in [-0.2, 0) is 6.42 Å². The number of rotatable bonds is 5. The molecule has 0 amide bonds. The Morgan fingerprint density at radius 3 is 2.67 bits per heavy atom. The van der Waals surface area contributed by atoms with E-state index in [1.807, 2.05) is 54.6 Å². The molecular weight excluding hydrogens is 410 g/mol. The number of pyridine rings is 1. The van der Waals surface area contributed by atoms with Gasteiger partial charge in [-0.1, -0.05) is 51.4 Å². The zero-order chi connectivity index (χ0) is 18.8. The molecule has 2 aromatic carbocycles. The minimum absolute atomic E-state index is 0.252. The molecule has 2 aromatic heterocycles. The number of aromatic nitrogens is 3. The smallest absolute Gasteiger partial charge is 0.276 e. The molecule has 27 heavy (non-hydrogen) atoms. The summed E-state index contributed by atoms with van der Waals surface area (Å²) in [7, 11) is 1.61. The van der Waals surface area contributed by atoms with Crippen LogP contribution in [0.1, 0.15) is 17.5 Å². The third-order valence-electron chi connectivity index (χ3n) is 4.22. The quantitative estimate of drug-likeness (QED) is 0.512. The van der Waals surface area contributed by atoms with E-state index < -0.39 is 6.10 Å². The summed E-state index contributed by atoms with van der Waals surface area (Å²) in [6.07, 6.45) is -0.463. The first kappa shape index (κ1) is 17.6. The molecular formula is C20H16BrN3O3. The Bertz CT molecular complexity index is 1080. The molecule has 0 spiro atoms. The molecule has 4 rings (SSSR count). The Hall–Kier alpha value is -2.77. The van der Waals surface area contributed by atoms with Gasteiger partial charge in [0.1, 0.15) is 17.0 Å². The highest BCUT2D eigenvalue weighted by Crippen LogP contribution is 2.27. The third-order valence-corrected chi connectivity index (χ3v) is 4.75. The Balaban J connectivity index is 1.59. The van der Waals surface area contributed by atoms with Gasteiger partial charge >= 0.3 is 0 Å². The SMILES string of the molecule is COc1cccc2ccc(-c3nc(CC(O)c4ccc(Br)cc4)no3)nc12. The number of fused-ring (bicyclic) bond motifs is 1. The molecule has 4 aromatic rings. The van der Waals surface area contributed by atoms with Crippen molar-refractivity contribution in [2.45, 2.75) is 12.5 Å². The van der Waals surface area contributed by atoms with Crippen LogP contribution in [-0.4, -0.2) is 27.3 Å². The molecule has 0 saturated carbocycles. The second-order valence-corrected chi connectivity index (χ2v) is 6.93. The van der Waals surface area contributed by atoms with Crippen molar-refractivity contribution >= 4 is 26.8 Å². The van der Waals surface area contributed by atoms with Crippen molar-refractivity contribution in [1.29, 1.82) is 0 Å². The van der Waals surface area contributed by atoms with Gasteiger partial charge in [-0.25, -0.2) is 4.98 Å². The number of hydrogen-bond donors (Lipinski definition) is 1. The van der Waals surface area contributed by atoms with Gasteiger partial charge in [0.2, 0.25) is 0 Å². The highest BCUT2D eigenvalue weighted by molar-refractivity contribution is 9.10. The predicted molar refractivity (Wildman–Crippen MR) is 104 cm³/mol.